The molecule has 17 heavy (non-hydrogen) atoms. The maximum atomic E-state index is 10.9. The fourth-order valence-electron chi connectivity index (χ4n) is 1.67. The number of carboxylic acid groups (broad SMARTS) is 2. The summed E-state index contributed by atoms with van der Waals surface area (Å²) in [7, 11) is 0. The van der Waals surface area contributed by atoms with Gasteiger partial charge in [-0.05, 0) is 22.9 Å². The summed E-state index contributed by atoms with van der Waals surface area (Å²) in [4.78, 5) is 21.9. The maximum absolute atomic E-state index is 10.9. The van der Waals surface area contributed by atoms with Crippen LogP contribution in [0.15, 0.2) is 36.4 Å². The van der Waals surface area contributed by atoms with Crippen LogP contribution in [0, 0.1) is 0 Å². The number of hydrogen-bond acceptors (Lipinski definition) is 2. The number of carboxylic acids is 2. The first-order chi connectivity index (χ1) is 7.61. The van der Waals surface area contributed by atoms with Gasteiger partial charge in [-0.15, -0.1) is 0 Å². The minimum absolute atomic E-state index is 0. The summed E-state index contributed by atoms with van der Waals surface area (Å²) in [5, 5.41) is 18.8. The Morgan fingerprint density at radius 1 is 0.765 bits per heavy atom. The van der Waals surface area contributed by atoms with Gasteiger partial charge in [0.25, 0.3) is 0 Å². The summed E-state index contributed by atoms with van der Waals surface area (Å²) in [6.45, 7) is 0. The van der Waals surface area contributed by atoms with Crippen LogP contribution in [-0.4, -0.2) is 22.2 Å². The molecule has 4 nitrogen and oxygen atoms in total. The Morgan fingerprint density at radius 2 is 1.12 bits per heavy atom. The largest absolute Gasteiger partial charge is 0.478 e. The Hall–Kier alpha value is -1.87. The molecule has 5 heteroatoms. The molecule has 0 aliphatic rings. The van der Waals surface area contributed by atoms with E-state index in [1.54, 1.807) is 24.3 Å². The SMILES string of the molecule is O=C(O)c1ccc(C(=O)O)c2ccccc12.[Ni]. The second-order valence-corrected chi connectivity index (χ2v) is 3.32. The third kappa shape index (κ3) is 2.29. The molecule has 0 unspecified atom stereocenters. The van der Waals surface area contributed by atoms with Crippen molar-refractivity contribution in [2.45, 2.75) is 0 Å². The van der Waals surface area contributed by atoms with Crippen LogP contribution in [0.25, 0.3) is 10.8 Å². The number of fused-ring (bicyclic) bond motifs is 1. The van der Waals surface area contributed by atoms with Crippen molar-refractivity contribution in [2.24, 2.45) is 0 Å². The van der Waals surface area contributed by atoms with E-state index in [1.807, 2.05) is 0 Å². The van der Waals surface area contributed by atoms with Crippen LogP contribution < -0.4 is 0 Å². The Bertz CT molecular complexity index is 540. The molecule has 0 saturated heterocycles. The number of carbonyl (C=O) groups is 2. The Labute approximate surface area is 107 Å². The van der Waals surface area contributed by atoms with Gasteiger partial charge in [0.2, 0.25) is 0 Å². The van der Waals surface area contributed by atoms with Gasteiger partial charge in [0, 0.05) is 16.5 Å². The molecular formula is C12H8NiO4. The second-order valence-electron chi connectivity index (χ2n) is 3.32. The van der Waals surface area contributed by atoms with Crippen molar-refractivity contribution in [3.8, 4) is 0 Å². The summed E-state index contributed by atoms with van der Waals surface area (Å²) in [6, 6.07) is 9.19. The molecule has 2 rings (SSSR count). The minimum atomic E-state index is -1.06. The smallest absolute Gasteiger partial charge is 0.336 e. The molecule has 0 fully saturated rings. The summed E-state index contributed by atoms with van der Waals surface area (Å²) in [5.74, 6) is -2.12. The van der Waals surface area contributed by atoms with Gasteiger partial charge in [0.15, 0.2) is 0 Å². The van der Waals surface area contributed by atoms with E-state index in [4.69, 9.17) is 10.2 Å². The molecule has 0 aliphatic heterocycles. The summed E-state index contributed by atoms with van der Waals surface area (Å²) < 4.78 is 0. The van der Waals surface area contributed by atoms with E-state index >= 15 is 0 Å². The van der Waals surface area contributed by atoms with E-state index in [0.717, 1.165) is 0 Å². The van der Waals surface area contributed by atoms with Gasteiger partial charge < -0.3 is 10.2 Å². The topological polar surface area (TPSA) is 74.6 Å². The molecule has 0 bridgehead atoms. The molecule has 0 amide bonds. The van der Waals surface area contributed by atoms with Crippen LogP contribution in [0.1, 0.15) is 20.7 Å². The molecule has 0 radical (unpaired) electrons. The zero-order valence-corrected chi connectivity index (χ0v) is 9.48. The van der Waals surface area contributed by atoms with Gasteiger partial charge in [-0.3, -0.25) is 0 Å². The first-order valence-corrected chi connectivity index (χ1v) is 4.59. The molecule has 0 aromatic heterocycles. The monoisotopic (exact) mass is 274 g/mol. The van der Waals surface area contributed by atoms with Gasteiger partial charge in [0.05, 0.1) is 11.1 Å². The molecule has 0 heterocycles. The summed E-state index contributed by atoms with van der Waals surface area (Å²) in [6.07, 6.45) is 0. The van der Waals surface area contributed by atoms with Crippen LogP contribution in [0.2, 0.25) is 0 Å². The first-order valence-electron chi connectivity index (χ1n) is 4.59. The third-order valence-electron chi connectivity index (χ3n) is 2.38. The zero-order valence-electron chi connectivity index (χ0n) is 8.49. The predicted octanol–water partition coefficient (Wildman–Crippen LogP) is 2.23. The fourth-order valence-corrected chi connectivity index (χ4v) is 1.67. The van der Waals surface area contributed by atoms with Crippen molar-refractivity contribution < 1.29 is 36.3 Å². The van der Waals surface area contributed by atoms with Crippen molar-refractivity contribution in [1.82, 2.24) is 0 Å². The normalized spacial score (nSPS) is 9.65. The first kappa shape index (κ1) is 13.2. The van der Waals surface area contributed by atoms with Crippen molar-refractivity contribution in [2.75, 3.05) is 0 Å². The Balaban J connectivity index is 0.00000144. The number of benzene rings is 2. The van der Waals surface area contributed by atoms with E-state index in [1.165, 1.54) is 12.1 Å². The van der Waals surface area contributed by atoms with Crippen molar-refractivity contribution in [1.29, 1.82) is 0 Å². The molecule has 0 saturated carbocycles. The predicted molar refractivity (Wildman–Crippen MR) is 57.9 cm³/mol. The van der Waals surface area contributed by atoms with Crippen LogP contribution in [0.3, 0.4) is 0 Å². The standard InChI is InChI=1S/C12H8O4.Ni/c13-11(14)9-5-6-10(12(15)16)8-4-2-1-3-7(8)9;/h1-6H,(H,13,14)(H,15,16);. The zero-order chi connectivity index (χ0) is 11.7. The number of hydrogen-bond donors (Lipinski definition) is 2. The number of aromatic carboxylic acids is 2. The van der Waals surface area contributed by atoms with E-state index in [9.17, 15) is 9.59 Å². The van der Waals surface area contributed by atoms with E-state index in [0.29, 0.717) is 10.8 Å². The van der Waals surface area contributed by atoms with Crippen LogP contribution in [0.5, 0.6) is 0 Å². The average Bonchev–Trinajstić information content (AvgIpc) is 2.27. The van der Waals surface area contributed by atoms with Crippen molar-refractivity contribution >= 4 is 22.7 Å². The average molecular weight is 275 g/mol. The van der Waals surface area contributed by atoms with Crippen molar-refractivity contribution in [3.05, 3.63) is 47.5 Å². The molecule has 2 aromatic carbocycles. The quantitative estimate of drug-likeness (QED) is 0.824. The van der Waals surface area contributed by atoms with Crippen LogP contribution in [-0.2, 0) is 16.5 Å². The summed E-state index contributed by atoms with van der Waals surface area (Å²) in [5.41, 5.74) is 0.223. The van der Waals surface area contributed by atoms with Crippen molar-refractivity contribution in [3.63, 3.8) is 0 Å². The Morgan fingerprint density at radius 3 is 1.41 bits per heavy atom. The van der Waals surface area contributed by atoms with E-state index in [-0.39, 0.29) is 27.6 Å². The van der Waals surface area contributed by atoms with Gasteiger partial charge in [-0.25, -0.2) is 9.59 Å². The van der Waals surface area contributed by atoms with E-state index < -0.39 is 11.9 Å². The molecule has 0 spiro atoms. The molecular weight excluding hydrogens is 267 g/mol. The summed E-state index contributed by atoms with van der Waals surface area (Å²) >= 11 is 0. The van der Waals surface area contributed by atoms with Crippen LogP contribution in [0.4, 0.5) is 0 Å². The maximum Gasteiger partial charge on any atom is 0.336 e. The Kier molecular flexibility index (Phi) is 3.86. The second kappa shape index (κ2) is 4.98. The third-order valence-corrected chi connectivity index (χ3v) is 2.38. The van der Waals surface area contributed by atoms with Gasteiger partial charge in [0.1, 0.15) is 0 Å². The van der Waals surface area contributed by atoms with E-state index in [2.05, 4.69) is 0 Å². The van der Waals surface area contributed by atoms with Crippen LogP contribution >= 0.6 is 0 Å². The number of rotatable bonds is 2. The van der Waals surface area contributed by atoms with Gasteiger partial charge in [-0.1, -0.05) is 24.3 Å². The molecule has 90 valence electrons. The molecule has 0 aliphatic carbocycles. The molecule has 2 N–H and O–H groups in total. The molecule has 0 atom stereocenters. The van der Waals surface area contributed by atoms with Gasteiger partial charge in [-0.2, -0.15) is 0 Å². The minimum Gasteiger partial charge on any atom is -0.478 e. The van der Waals surface area contributed by atoms with Gasteiger partial charge >= 0.3 is 11.9 Å². The molecule has 2 aromatic rings. The fraction of sp³-hybridized carbons (Fsp3) is 0.